The van der Waals surface area contributed by atoms with Crippen molar-refractivity contribution < 1.29 is 9.90 Å². The molecule has 35 heavy (non-hydrogen) atoms. The summed E-state index contributed by atoms with van der Waals surface area (Å²) < 4.78 is 1.92. The number of aromatic nitrogens is 2. The maximum absolute atomic E-state index is 12.8. The van der Waals surface area contributed by atoms with Crippen LogP contribution in [0, 0.1) is 5.41 Å². The minimum absolute atomic E-state index is 0.0685. The normalized spacial score (nSPS) is 16.4. The third kappa shape index (κ3) is 5.08. The number of aliphatic hydroxyl groups excluding tert-OH is 1. The summed E-state index contributed by atoms with van der Waals surface area (Å²) in [5, 5.41) is 25.2. The Kier molecular flexibility index (Phi) is 7.23. The number of rotatable bonds is 8. The molecule has 180 valence electrons. The van der Waals surface area contributed by atoms with Gasteiger partial charge < -0.3 is 20.3 Å². The van der Waals surface area contributed by atoms with E-state index in [1.165, 1.54) is 9.80 Å². The van der Waals surface area contributed by atoms with Gasteiger partial charge in [-0.1, -0.05) is 42.5 Å². The zero-order valence-corrected chi connectivity index (χ0v) is 20.3. The number of anilines is 1. The molecule has 1 aliphatic heterocycles. The van der Waals surface area contributed by atoms with Crippen molar-refractivity contribution in [2.45, 2.75) is 19.5 Å². The van der Waals surface area contributed by atoms with Crippen LogP contribution in [0.1, 0.15) is 12.5 Å². The van der Waals surface area contributed by atoms with Crippen molar-refractivity contribution >= 4 is 34.8 Å². The first-order valence-corrected chi connectivity index (χ1v) is 11.5. The molecule has 2 amide bonds. The van der Waals surface area contributed by atoms with Crippen molar-refractivity contribution in [2.75, 3.05) is 19.0 Å². The maximum Gasteiger partial charge on any atom is 0.330 e. The fraction of sp³-hybridized carbons (Fsp3) is 0.200. The van der Waals surface area contributed by atoms with E-state index in [2.05, 4.69) is 15.6 Å². The van der Waals surface area contributed by atoms with Crippen LogP contribution >= 0.6 is 12.2 Å². The second kappa shape index (κ2) is 10.5. The first-order valence-electron chi connectivity index (χ1n) is 11.1. The average molecular weight is 490 g/mol. The predicted molar refractivity (Wildman–Crippen MR) is 139 cm³/mol. The average Bonchev–Trinajstić information content (AvgIpc) is 3.42. The quantitative estimate of drug-likeness (QED) is 0.285. The Bertz CT molecular complexity index is 1240. The molecule has 0 saturated carbocycles. The van der Waals surface area contributed by atoms with E-state index in [1.807, 2.05) is 65.4 Å². The van der Waals surface area contributed by atoms with Crippen molar-refractivity contribution in [3.05, 3.63) is 90.3 Å². The van der Waals surface area contributed by atoms with E-state index in [0.29, 0.717) is 17.9 Å². The molecule has 0 bridgehead atoms. The standard InChI is InChI=1S/C25H27N7O2S/c1-17(15-33)32-22(26)21(24(35)30(2)25(32)34)23(29-19-6-4-3-5-7-19)28-14-18-8-10-20(11-9-18)31-13-12-27-16-31/h3-13,16-17,26,28-29,33H,14-15H2,1-2H3/b23-21-,26-22?. The molecule has 9 nitrogen and oxygen atoms in total. The van der Waals surface area contributed by atoms with Crippen LogP contribution in [0.5, 0.6) is 0 Å². The maximum atomic E-state index is 12.8. The first kappa shape index (κ1) is 24.1. The van der Waals surface area contributed by atoms with Gasteiger partial charge in [-0.2, -0.15) is 0 Å². The fourth-order valence-corrected chi connectivity index (χ4v) is 3.98. The van der Waals surface area contributed by atoms with Crippen molar-refractivity contribution in [1.82, 2.24) is 24.7 Å². The van der Waals surface area contributed by atoms with Gasteiger partial charge in [-0.15, -0.1) is 0 Å². The van der Waals surface area contributed by atoms with E-state index in [1.54, 1.807) is 26.5 Å². The van der Waals surface area contributed by atoms with Crippen LogP contribution in [0.3, 0.4) is 0 Å². The monoisotopic (exact) mass is 489 g/mol. The highest BCUT2D eigenvalue weighted by Gasteiger charge is 2.39. The number of thiocarbonyl (C=S) groups is 1. The lowest BCUT2D eigenvalue weighted by molar-refractivity contribution is 0.164. The van der Waals surface area contributed by atoms with Gasteiger partial charge in [0.25, 0.3) is 0 Å². The van der Waals surface area contributed by atoms with Crippen LogP contribution in [-0.2, 0) is 6.54 Å². The largest absolute Gasteiger partial charge is 0.394 e. The molecule has 10 heteroatoms. The van der Waals surface area contributed by atoms with Crippen LogP contribution in [0.25, 0.3) is 5.69 Å². The van der Waals surface area contributed by atoms with Crippen LogP contribution in [0.2, 0.25) is 0 Å². The van der Waals surface area contributed by atoms with E-state index in [4.69, 9.17) is 17.6 Å². The molecule has 4 N–H and O–H groups in total. The van der Waals surface area contributed by atoms with Crippen molar-refractivity contribution in [1.29, 1.82) is 5.41 Å². The number of benzene rings is 2. The summed E-state index contributed by atoms with van der Waals surface area (Å²) in [7, 11) is 1.57. The highest BCUT2D eigenvalue weighted by atomic mass is 32.1. The first-order chi connectivity index (χ1) is 16.9. The lowest BCUT2D eigenvalue weighted by Gasteiger charge is -2.39. The number of nitrogens with one attached hydrogen (secondary N) is 3. The molecule has 2 aromatic carbocycles. The van der Waals surface area contributed by atoms with E-state index in [0.717, 1.165) is 16.9 Å². The minimum Gasteiger partial charge on any atom is -0.394 e. The molecule has 1 aromatic heterocycles. The third-order valence-corrected chi connectivity index (χ3v) is 6.17. The lowest BCUT2D eigenvalue weighted by Crippen LogP contribution is -2.58. The number of hydrogen-bond acceptors (Lipinski definition) is 7. The molecular formula is C25H27N7O2S. The summed E-state index contributed by atoms with van der Waals surface area (Å²) in [5.41, 5.74) is 3.19. The molecule has 1 fully saturated rings. The number of amidine groups is 1. The number of urea groups is 1. The van der Waals surface area contributed by atoms with Gasteiger partial charge in [-0.3, -0.25) is 15.2 Å². The number of nitrogens with zero attached hydrogens (tertiary/aromatic N) is 4. The lowest BCUT2D eigenvalue weighted by atomic mass is 10.1. The Labute approximate surface area is 209 Å². The second-order valence-corrected chi connectivity index (χ2v) is 8.51. The SMILES string of the molecule is CC(CO)N1C(=N)/C(=C(\NCc2ccc(-n3ccnc3)cc2)Nc2ccccc2)C(=S)N(C)C1=O. The van der Waals surface area contributed by atoms with Gasteiger partial charge in [0.15, 0.2) is 0 Å². The summed E-state index contributed by atoms with van der Waals surface area (Å²) in [6, 6.07) is 16.5. The number of para-hydroxylation sites is 1. The molecule has 1 atom stereocenters. The molecule has 0 aliphatic carbocycles. The van der Waals surface area contributed by atoms with Gasteiger partial charge in [0.1, 0.15) is 16.6 Å². The summed E-state index contributed by atoms with van der Waals surface area (Å²) in [5.74, 6) is 0.431. The van der Waals surface area contributed by atoms with E-state index >= 15 is 0 Å². The van der Waals surface area contributed by atoms with Crippen LogP contribution < -0.4 is 10.6 Å². The Balaban J connectivity index is 1.67. The van der Waals surface area contributed by atoms with Gasteiger partial charge >= 0.3 is 6.03 Å². The minimum atomic E-state index is -0.579. The Hall–Kier alpha value is -4.02. The summed E-state index contributed by atoms with van der Waals surface area (Å²) in [6.07, 6.45) is 5.35. The molecule has 1 unspecified atom stereocenters. The Morgan fingerprint density at radius 1 is 1.17 bits per heavy atom. The number of likely N-dealkylation sites (N-methyl/N-ethyl adjacent to an activating group) is 1. The van der Waals surface area contributed by atoms with Gasteiger partial charge in [0.2, 0.25) is 0 Å². The number of amides is 2. The highest BCUT2D eigenvalue weighted by Crippen LogP contribution is 2.23. The summed E-state index contributed by atoms with van der Waals surface area (Å²) in [4.78, 5) is 19.7. The number of carbonyl (C=O) groups excluding carboxylic acids is 1. The van der Waals surface area contributed by atoms with Crippen molar-refractivity contribution in [2.24, 2.45) is 0 Å². The van der Waals surface area contributed by atoms with E-state index < -0.39 is 12.1 Å². The molecule has 3 aromatic rings. The molecule has 0 radical (unpaired) electrons. The van der Waals surface area contributed by atoms with Gasteiger partial charge in [0, 0.05) is 37.4 Å². The van der Waals surface area contributed by atoms with E-state index in [-0.39, 0.29) is 17.4 Å². The smallest absolute Gasteiger partial charge is 0.330 e. The molecule has 0 spiro atoms. The van der Waals surface area contributed by atoms with Gasteiger partial charge in [0.05, 0.1) is 24.5 Å². The molecule has 1 aliphatic rings. The Morgan fingerprint density at radius 2 is 1.89 bits per heavy atom. The number of imidazole rings is 1. The number of aliphatic hydroxyl groups is 1. The number of hydrogen-bond donors (Lipinski definition) is 4. The topological polar surface area (TPSA) is 110 Å². The second-order valence-electron chi connectivity index (χ2n) is 8.13. The van der Waals surface area contributed by atoms with E-state index in [9.17, 15) is 9.90 Å². The zero-order chi connectivity index (χ0) is 24.9. The molecule has 4 rings (SSSR count). The Morgan fingerprint density at radius 3 is 2.51 bits per heavy atom. The van der Waals surface area contributed by atoms with Crippen molar-refractivity contribution in [3.63, 3.8) is 0 Å². The van der Waals surface area contributed by atoms with Crippen LogP contribution in [-0.4, -0.2) is 61.0 Å². The summed E-state index contributed by atoms with van der Waals surface area (Å²) in [6.45, 7) is 1.86. The predicted octanol–water partition coefficient (Wildman–Crippen LogP) is 3.34. The molecule has 2 heterocycles. The summed E-state index contributed by atoms with van der Waals surface area (Å²) >= 11 is 5.59. The number of carbonyl (C=O) groups is 1. The van der Waals surface area contributed by atoms with Crippen LogP contribution in [0.15, 0.2) is 84.7 Å². The third-order valence-electron chi connectivity index (χ3n) is 5.70. The molecule has 1 saturated heterocycles. The zero-order valence-electron chi connectivity index (χ0n) is 19.5. The highest BCUT2D eigenvalue weighted by molar-refractivity contribution is 7.80. The fourth-order valence-electron chi connectivity index (χ4n) is 3.70. The van der Waals surface area contributed by atoms with Crippen molar-refractivity contribution in [3.8, 4) is 5.69 Å². The van der Waals surface area contributed by atoms with Gasteiger partial charge in [-0.25, -0.2) is 9.78 Å². The molecular weight excluding hydrogens is 462 g/mol. The van der Waals surface area contributed by atoms with Gasteiger partial charge in [-0.05, 0) is 36.8 Å². The van der Waals surface area contributed by atoms with Crippen LogP contribution in [0.4, 0.5) is 10.5 Å².